The molecule has 1 unspecified atom stereocenters. The van der Waals surface area contributed by atoms with Gasteiger partial charge in [-0.1, -0.05) is 76.2 Å². The molecule has 0 aliphatic heterocycles. The van der Waals surface area contributed by atoms with Crippen LogP contribution in [0.4, 0.5) is 13.6 Å². The van der Waals surface area contributed by atoms with E-state index in [1.807, 2.05) is 44.2 Å². The molecule has 0 radical (unpaired) electrons. The topological polar surface area (TPSA) is 81.4 Å². The van der Waals surface area contributed by atoms with E-state index in [-0.39, 0.29) is 17.9 Å². The molecule has 0 aromatic heterocycles. The summed E-state index contributed by atoms with van der Waals surface area (Å²) in [5.74, 6) is -4.80. The van der Waals surface area contributed by atoms with E-state index in [9.17, 15) is 9.59 Å². The zero-order chi connectivity index (χ0) is 23.2. The predicted molar refractivity (Wildman–Crippen MR) is 116 cm³/mol. The summed E-state index contributed by atoms with van der Waals surface area (Å²) in [6, 6.07) is 14.2. The summed E-state index contributed by atoms with van der Waals surface area (Å²) in [5.41, 5.74) is 6.50. The Bertz CT molecular complexity index is 885. The third-order valence-electron chi connectivity index (χ3n) is 4.89. The molecule has 0 spiro atoms. The lowest BCUT2D eigenvalue weighted by Crippen LogP contribution is -2.48. The van der Waals surface area contributed by atoms with E-state index in [0.29, 0.717) is 5.56 Å². The molecule has 2 rings (SSSR count). The van der Waals surface area contributed by atoms with Crippen LogP contribution in [0, 0.1) is 11.8 Å². The minimum Gasteiger partial charge on any atom is -0.439 e. The van der Waals surface area contributed by atoms with E-state index < -0.39 is 36.0 Å². The number of carbonyl (C=O) groups excluding carboxylic acids is 2. The number of benzene rings is 2. The van der Waals surface area contributed by atoms with Gasteiger partial charge in [-0.2, -0.15) is 8.78 Å². The van der Waals surface area contributed by atoms with E-state index in [4.69, 9.17) is 10.5 Å². The molecule has 31 heavy (non-hydrogen) atoms. The van der Waals surface area contributed by atoms with Gasteiger partial charge in [0.1, 0.15) is 6.04 Å². The molecule has 2 atom stereocenters. The highest BCUT2D eigenvalue weighted by molar-refractivity contribution is 5.84. The first-order chi connectivity index (χ1) is 14.5. The molecule has 0 saturated carbocycles. The van der Waals surface area contributed by atoms with Crippen LogP contribution in [0.25, 0.3) is 11.1 Å². The summed E-state index contributed by atoms with van der Waals surface area (Å²) in [4.78, 5) is 23.9. The molecular weight excluding hydrogens is 402 g/mol. The van der Waals surface area contributed by atoms with Gasteiger partial charge in [-0.05, 0) is 35.4 Å². The zero-order valence-electron chi connectivity index (χ0n) is 18.3. The second-order valence-corrected chi connectivity index (χ2v) is 8.37. The Morgan fingerprint density at radius 3 is 2.16 bits per heavy atom. The van der Waals surface area contributed by atoms with Crippen LogP contribution < -0.4 is 11.1 Å². The van der Waals surface area contributed by atoms with Crippen molar-refractivity contribution in [1.29, 1.82) is 0 Å². The molecule has 5 nitrogen and oxygen atoms in total. The molecule has 0 heterocycles. The van der Waals surface area contributed by atoms with Crippen molar-refractivity contribution in [3.8, 4) is 11.1 Å². The normalized spacial score (nSPS) is 13.7. The SMILES string of the molecule is CC(C)C[C@H](NC(=O)OC(C(C)C)C(F)(F)c1cccc(-c2ccccc2)c1)C(N)=O. The highest BCUT2D eigenvalue weighted by atomic mass is 19.3. The predicted octanol–water partition coefficient (Wildman–Crippen LogP) is 5.10. The molecule has 168 valence electrons. The third-order valence-corrected chi connectivity index (χ3v) is 4.89. The van der Waals surface area contributed by atoms with E-state index in [2.05, 4.69) is 5.32 Å². The molecule has 2 amide bonds. The van der Waals surface area contributed by atoms with Gasteiger partial charge >= 0.3 is 12.0 Å². The van der Waals surface area contributed by atoms with E-state index >= 15 is 8.78 Å². The maximum Gasteiger partial charge on any atom is 0.408 e. The van der Waals surface area contributed by atoms with Crippen LogP contribution >= 0.6 is 0 Å². The minimum atomic E-state index is -3.45. The van der Waals surface area contributed by atoms with Crippen LogP contribution in [-0.4, -0.2) is 24.1 Å². The Labute approximate surface area is 182 Å². The van der Waals surface area contributed by atoms with E-state index in [1.165, 1.54) is 12.1 Å². The summed E-state index contributed by atoms with van der Waals surface area (Å²) in [6.07, 6.45) is -2.54. The quantitative estimate of drug-likeness (QED) is 0.579. The molecule has 0 aliphatic carbocycles. The number of hydrogen-bond donors (Lipinski definition) is 2. The van der Waals surface area contributed by atoms with Crippen molar-refractivity contribution in [1.82, 2.24) is 5.32 Å². The van der Waals surface area contributed by atoms with Gasteiger partial charge < -0.3 is 15.8 Å². The Balaban J connectivity index is 2.25. The van der Waals surface area contributed by atoms with Crippen LogP contribution in [0.3, 0.4) is 0 Å². The van der Waals surface area contributed by atoms with Crippen molar-refractivity contribution in [2.24, 2.45) is 17.6 Å². The number of hydrogen-bond acceptors (Lipinski definition) is 3. The van der Waals surface area contributed by atoms with Gasteiger partial charge in [-0.25, -0.2) is 4.79 Å². The first-order valence-corrected chi connectivity index (χ1v) is 10.3. The lowest BCUT2D eigenvalue weighted by Gasteiger charge is -2.30. The molecule has 2 aromatic rings. The molecule has 2 aromatic carbocycles. The fourth-order valence-electron chi connectivity index (χ4n) is 3.34. The summed E-state index contributed by atoms with van der Waals surface area (Å²) in [7, 11) is 0. The fourth-order valence-corrected chi connectivity index (χ4v) is 3.34. The van der Waals surface area contributed by atoms with Crippen molar-refractivity contribution in [2.75, 3.05) is 0 Å². The van der Waals surface area contributed by atoms with E-state index in [1.54, 1.807) is 26.0 Å². The monoisotopic (exact) mass is 432 g/mol. The Morgan fingerprint density at radius 1 is 1.00 bits per heavy atom. The van der Waals surface area contributed by atoms with Gasteiger partial charge in [0.2, 0.25) is 5.91 Å². The van der Waals surface area contributed by atoms with Crippen molar-refractivity contribution >= 4 is 12.0 Å². The Kier molecular flexibility index (Phi) is 8.14. The molecule has 3 N–H and O–H groups in total. The lowest BCUT2D eigenvalue weighted by atomic mass is 9.92. The molecule has 0 bridgehead atoms. The smallest absolute Gasteiger partial charge is 0.408 e. The molecule has 7 heteroatoms. The number of halogens is 2. The summed E-state index contributed by atoms with van der Waals surface area (Å²) in [5, 5.41) is 2.32. The summed E-state index contributed by atoms with van der Waals surface area (Å²) in [6.45, 7) is 6.81. The van der Waals surface area contributed by atoms with Gasteiger partial charge in [-0.3, -0.25) is 4.79 Å². The van der Waals surface area contributed by atoms with Crippen LogP contribution in [0.15, 0.2) is 54.6 Å². The largest absolute Gasteiger partial charge is 0.439 e. The first kappa shape index (κ1) is 24.3. The highest BCUT2D eigenvalue weighted by Gasteiger charge is 2.46. The average Bonchev–Trinajstić information content (AvgIpc) is 2.71. The van der Waals surface area contributed by atoms with Gasteiger partial charge in [0.25, 0.3) is 0 Å². The number of nitrogens with one attached hydrogen (secondary N) is 1. The summed E-state index contributed by atoms with van der Waals surface area (Å²) < 4.78 is 36.0. The van der Waals surface area contributed by atoms with Gasteiger partial charge in [0.15, 0.2) is 6.10 Å². The van der Waals surface area contributed by atoms with Gasteiger partial charge in [0.05, 0.1) is 0 Å². The Morgan fingerprint density at radius 2 is 1.61 bits per heavy atom. The van der Waals surface area contributed by atoms with Crippen LogP contribution in [0.1, 0.15) is 39.7 Å². The van der Waals surface area contributed by atoms with Crippen molar-refractivity contribution in [2.45, 2.75) is 52.2 Å². The lowest BCUT2D eigenvalue weighted by molar-refractivity contribution is -0.136. The number of rotatable bonds is 9. The van der Waals surface area contributed by atoms with Crippen LogP contribution in [0.2, 0.25) is 0 Å². The molecular formula is C24H30F2N2O3. The number of nitrogens with two attached hydrogens (primary N) is 1. The minimum absolute atomic E-state index is 0.0702. The maximum absolute atomic E-state index is 15.4. The summed E-state index contributed by atoms with van der Waals surface area (Å²) >= 11 is 0. The number of carbonyl (C=O) groups is 2. The number of alkyl carbamates (subject to hydrolysis) is 1. The molecule has 0 fully saturated rings. The first-order valence-electron chi connectivity index (χ1n) is 10.3. The Hall–Kier alpha value is -2.96. The number of amides is 2. The molecule has 0 aliphatic rings. The second-order valence-electron chi connectivity index (χ2n) is 8.37. The second kappa shape index (κ2) is 10.4. The molecule has 0 saturated heterocycles. The zero-order valence-corrected chi connectivity index (χ0v) is 18.3. The van der Waals surface area contributed by atoms with Crippen LogP contribution in [0.5, 0.6) is 0 Å². The number of ether oxygens (including phenoxy) is 1. The van der Waals surface area contributed by atoms with Crippen molar-refractivity contribution in [3.05, 3.63) is 60.2 Å². The van der Waals surface area contributed by atoms with Gasteiger partial charge in [0, 0.05) is 5.56 Å². The van der Waals surface area contributed by atoms with Crippen molar-refractivity contribution < 1.29 is 23.1 Å². The highest BCUT2D eigenvalue weighted by Crippen LogP contribution is 2.38. The third kappa shape index (κ3) is 6.51. The van der Waals surface area contributed by atoms with Crippen molar-refractivity contribution in [3.63, 3.8) is 0 Å². The number of alkyl halides is 2. The standard InChI is InChI=1S/C24H30F2N2O3/c1-15(2)13-20(22(27)29)28-23(30)31-21(16(3)4)24(25,26)19-12-8-11-18(14-19)17-9-6-5-7-10-17/h5-12,14-16,20-21H,13H2,1-4H3,(H2,27,29)(H,28,30)/t20-,21?/m0/s1. The van der Waals surface area contributed by atoms with Crippen LogP contribution in [-0.2, 0) is 15.5 Å². The van der Waals surface area contributed by atoms with E-state index in [0.717, 1.165) is 5.56 Å². The fraction of sp³-hybridized carbons (Fsp3) is 0.417. The maximum atomic E-state index is 15.4. The average molecular weight is 433 g/mol. The van der Waals surface area contributed by atoms with Gasteiger partial charge in [-0.15, -0.1) is 0 Å². The number of primary amides is 1.